The number of aromatic nitrogens is 9. The van der Waals surface area contributed by atoms with E-state index in [9.17, 15) is 0 Å². The third kappa shape index (κ3) is 3.99. The first-order valence-corrected chi connectivity index (χ1v) is 12.3. The van der Waals surface area contributed by atoms with Crippen LogP contribution in [0, 0.1) is 6.92 Å². The van der Waals surface area contributed by atoms with Crippen LogP contribution in [-0.4, -0.2) is 63.9 Å². The maximum Gasteiger partial charge on any atom is 0.180 e. The molecule has 0 saturated carbocycles. The van der Waals surface area contributed by atoms with Gasteiger partial charge in [-0.1, -0.05) is 0 Å². The molecule has 0 radical (unpaired) electrons. The lowest BCUT2D eigenvalue weighted by atomic mass is 10.1. The highest BCUT2D eigenvalue weighted by molar-refractivity contribution is 5.92. The Morgan fingerprint density at radius 1 is 1.05 bits per heavy atom. The zero-order chi connectivity index (χ0) is 24.8. The number of pyridine rings is 3. The molecule has 1 aliphatic rings. The number of hydrogen-bond acceptors (Lipinski definition) is 8. The van der Waals surface area contributed by atoms with Crippen molar-refractivity contribution >= 4 is 22.2 Å². The van der Waals surface area contributed by atoms with Crippen molar-refractivity contribution in [1.29, 1.82) is 0 Å². The Kier molecular flexibility index (Phi) is 5.14. The van der Waals surface area contributed by atoms with Crippen LogP contribution in [0.15, 0.2) is 55.4 Å². The normalized spacial score (nSPS) is 14.5. The van der Waals surface area contributed by atoms with Gasteiger partial charge in [0.05, 0.1) is 35.1 Å². The topological polar surface area (TPSA) is 135 Å². The molecule has 3 N–H and O–H groups in total. The van der Waals surface area contributed by atoms with Gasteiger partial charge in [-0.2, -0.15) is 5.10 Å². The second kappa shape index (κ2) is 8.79. The standard InChI is InChI=1S/C26H24N10O/c1-15-13-36(14-30-15)21-6-9-29-25-23(21)32-26(33-25)24-22-20(34-35-24)3-2-19(31-22)16-10-18(12-28-11-16)37-17-4-7-27-8-5-17/h2-3,6,9-14,17,27H,4-5,7-8H2,1H3,(H,34,35)(H,29,32,33). The number of rotatable bonds is 5. The van der Waals surface area contributed by atoms with E-state index in [0.717, 1.165) is 65.4 Å². The Morgan fingerprint density at radius 3 is 2.84 bits per heavy atom. The summed E-state index contributed by atoms with van der Waals surface area (Å²) in [7, 11) is 0. The van der Waals surface area contributed by atoms with Crippen LogP contribution < -0.4 is 10.1 Å². The highest BCUT2D eigenvalue weighted by atomic mass is 16.5. The molecular weight excluding hydrogens is 468 g/mol. The van der Waals surface area contributed by atoms with Gasteiger partial charge in [-0.05, 0) is 57.1 Å². The summed E-state index contributed by atoms with van der Waals surface area (Å²) in [6, 6.07) is 7.84. The molecule has 6 aromatic rings. The van der Waals surface area contributed by atoms with Crippen molar-refractivity contribution in [2.45, 2.75) is 25.9 Å². The van der Waals surface area contributed by atoms with Gasteiger partial charge < -0.3 is 19.6 Å². The van der Waals surface area contributed by atoms with Gasteiger partial charge >= 0.3 is 0 Å². The third-order valence-corrected chi connectivity index (χ3v) is 6.59. The quantitative estimate of drug-likeness (QED) is 0.332. The molecule has 1 saturated heterocycles. The minimum absolute atomic E-state index is 0.201. The van der Waals surface area contributed by atoms with Crippen LogP contribution in [0.3, 0.4) is 0 Å². The van der Waals surface area contributed by atoms with Crippen molar-refractivity contribution in [2.75, 3.05) is 13.1 Å². The molecule has 0 amide bonds. The van der Waals surface area contributed by atoms with Gasteiger partial charge in [-0.3, -0.25) is 10.1 Å². The second-order valence-corrected chi connectivity index (χ2v) is 9.18. The van der Waals surface area contributed by atoms with Gasteiger partial charge in [0.25, 0.3) is 0 Å². The lowest BCUT2D eigenvalue weighted by Crippen LogP contribution is -2.34. The number of aryl methyl sites for hydroxylation is 1. The molecule has 184 valence electrons. The van der Waals surface area contributed by atoms with Gasteiger partial charge in [0.2, 0.25) is 0 Å². The number of piperidine rings is 1. The fraction of sp³-hybridized carbons (Fsp3) is 0.231. The summed E-state index contributed by atoms with van der Waals surface area (Å²) in [6.07, 6.45) is 11.2. The van der Waals surface area contributed by atoms with Crippen molar-refractivity contribution in [3.63, 3.8) is 0 Å². The van der Waals surface area contributed by atoms with Crippen molar-refractivity contribution in [2.24, 2.45) is 0 Å². The average Bonchev–Trinajstić information content (AvgIpc) is 3.66. The Labute approximate surface area is 211 Å². The minimum atomic E-state index is 0.201. The molecule has 1 aliphatic heterocycles. The van der Waals surface area contributed by atoms with Crippen LogP contribution in [0.5, 0.6) is 5.75 Å². The number of hydrogen-bond donors (Lipinski definition) is 3. The molecule has 0 unspecified atom stereocenters. The van der Waals surface area contributed by atoms with Gasteiger partial charge in [0.15, 0.2) is 17.2 Å². The second-order valence-electron chi connectivity index (χ2n) is 9.18. The maximum absolute atomic E-state index is 6.19. The molecule has 0 atom stereocenters. The van der Waals surface area contributed by atoms with E-state index in [1.807, 2.05) is 42.0 Å². The van der Waals surface area contributed by atoms with E-state index >= 15 is 0 Å². The molecule has 0 spiro atoms. The van der Waals surface area contributed by atoms with Gasteiger partial charge in [0, 0.05) is 24.2 Å². The zero-order valence-corrected chi connectivity index (χ0v) is 20.1. The predicted molar refractivity (Wildman–Crippen MR) is 138 cm³/mol. The van der Waals surface area contributed by atoms with E-state index in [1.165, 1.54) is 0 Å². The van der Waals surface area contributed by atoms with E-state index in [0.29, 0.717) is 22.7 Å². The van der Waals surface area contributed by atoms with Crippen LogP contribution >= 0.6 is 0 Å². The highest BCUT2D eigenvalue weighted by Gasteiger charge is 2.18. The molecule has 11 nitrogen and oxygen atoms in total. The molecule has 37 heavy (non-hydrogen) atoms. The number of nitrogens with one attached hydrogen (secondary N) is 3. The molecule has 1 fully saturated rings. The number of H-pyrrole nitrogens is 2. The van der Waals surface area contributed by atoms with Gasteiger partial charge in [0.1, 0.15) is 22.9 Å². The van der Waals surface area contributed by atoms with Crippen LogP contribution in [-0.2, 0) is 0 Å². The molecular formula is C26H24N10O. The van der Waals surface area contributed by atoms with E-state index in [2.05, 4.69) is 35.5 Å². The lowest BCUT2D eigenvalue weighted by Gasteiger charge is -2.23. The SMILES string of the molecule is Cc1cn(-c2ccnc3nc(-c4n[nH]c5ccc(-c6cncc(OC7CCNCC7)c6)nc45)[nH]c23)cn1. The Hall–Kier alpha value is -4.64. The van der Waals surface area contributed by atoms with Crippen molar-refractivity contribution in [3.05, 3.63) is 61.1 Å². The van der Waals surface area contributed by atoms with E-state index in [1.54, 1.807) is 24.9 Å². The summed E-state index contributed by atoms with van der Waals surface area (Å²) in [6.45, 7) is 3.90. The number of fused-ring (bicyclic) bond motifs is 2. The molecule has 7 rings (SSSR count). The van der Waals surface area contributed by atoms with Crippen LogP contribution in [0.25, 0.3) is 50.7 Å². The van der Waals surface area contributed by atoms with Gasteiger partial charge in [-0.15, -0.1) is 0 Å². The van der Waals surface area contributed by atoms with Crippen LogP contribution in [0.4, 0.5) is 0 Å². The lowest BCUT2D eigenvalue weighted by molar-refractivity contribution is 0.162. The average molecular weight is 493 g/mol. The van der Waals surface area contributed by atoms with Crippen molar-refractivity contribution < 1.29 is 4.74 Å². The summed E-state index contributed by atoms with van der Waals surface area (Å²) in [4.78, 5) is 26.2. The van der Waals surface area contributed by atoms with Crippen molar-refractivity contribution in [1.82, 2.24) is 50.0 Å². The fourth-order valence-electron chi connectivity index (χ4n) is 4.73. The minimum Gasteiger partial charge on any atom is -0.489 e. The Bertz CT molecular complexity index is 1730. The first kappa shape index (κ1) is 21.6. The fourth-order valence-corrected chi connectivity index (χ4v) is 4.73. The van der Waals surface area contributed by atoms with Crippen LogP contribution in [0.2, 0.25) is 0 Å². The maximum atomic E-state index is 6.19. The number of imidazole rings is 2. The molecule has 11 heteroatoms. The summed E-state index contributed by atoms with van der Waals surface area (Å²) in [5.41, 5.74) is 7.04. The number of ether oxygens (including phenoxy) is 1. The van der Waals surface area contributed by atoms with E-state index in [4.69, 9.17) is 14.7 Å². The first-order valence-electron chi connectivity index (χ1n) is 12.3. The largest absolute Gasteiger partial charge is 0.489 e. The molecule has 0 aromatic carbocycles. The van der Waals surface area contributed by atoms with Crippen molar-refractivity contribution in [3.8, 4) is 34.2 Å². The summed E-state index contributed by atoms with van der Waals surface area (Å²) in [5.74, 6) is 1.34. The molecule has 0 aliphatic carbocycles. The molecule has 0 bridgehead atoms. The van der Waals surface area contributed by atoms with E-state index in [-0.39, 0.29) is 6.10 Å². The molecule has 6 aromatic heterocycles. The third-order valence-electron chi connectivity index (χ3n) is 6.59. The Morgan fingerprint density at radius 2 is 1.97 bits per heavy atom. The van der Waals surface area contributed by atoms with Gasteiger partial charge in [-0.25, -0.2) is 19.9 Å². The molecule has 7 heterocycles. The Balaban J connectivity index is 1.26. The van der Waals surface area contributed by atoms with Crippen LogP contribution in [0.1, 0.15) is 18.5 Å². The zero-order valence-electron chi connectivity index (χ0n) is 20.1. The summed E-state index contributed by atoms with van der Waals surface area (Å²) < 4.78 is 8.14. The highest BCUT2D eigenvalue weighted by Crippen LogP contribution is 2.30. The predicted octanol–water partition coefficient (Wildman–Crippen LogP) is 3.58. The monoisotopic (exact) mass is 492 g/mol. The van der Waals surface area contributed by atoms with E-state index < -0.39 is 0 Å². The first-order chi connectivity index (χ1) is 18.2. The number of nitrogens with zero attached hydrogens (tertiary/aromatic N) is 7. The number of aromatic amines is 2. The summed E-state index contributed by atoms with van der Waals surface area (Å²) in [5, 5.41) is 11.0. The summed E-state index contributed by atoms with van der Waals surface area (Å²) >= 11 is 0. The smallest absolute Gasteiger partial charge is 0.180 e.